The normalized spacial score (nSPS) is 17.1. The summed E-state index contributed by atoms with van der Waals surface area (Å²) >= 11 is 0.243. The van der Waals surface area contributed by atoms with Crippen molar-refractivity contribution in [3.05, 3.63) is 0 Å². The van der Waals surface area contributed by atoms with Gasteiger partial charge < -0.3 is 10.8 Å². The Kier molecular flexibility index (Phi) is 7.19. The molecule has 0 bridgehead atoms. The third-order valence-corrected chi connectivity index (χ3v) is 1.96. The minimum absolute atomic E-state index is 0.552. The number of carboxylic acid groups (broad SMARTS) is 1. The first kappa shape index (κ1) is 12.8. The van der Waals surface area contributed by atoms with Gasteiger partial charge >= 0.3 is 17.3 Å². The van der Waals surface area contributed by atoms with Crippen molar-refractivity contribution in [2.75, 3.05) is 12.0 Å². The molecule has 3 N–H and O–H groups in total. The Morgan fingerprint density at radius 1 is 1.69 bits per heavy atom. The molecule has 0 amide bonds. The quantitative estimate of drug-likeness (QED) is 0.502. The lowest BCUT2D eigenvalue weighted by atomic mass is 10.2. The van der Waals surface area contributed by atoms with Gasteiger partial charge in [-0.2, -0.15) is 16.0 Å². The third kappa shape index (κ3) is 9.77. The molecule has 0 saturated carbocycles. The molecular weight excluding hydrogens is 218 g/mol. The van der Waals surface area contributed by atoms with Gasteiger partial charge in [-0.3, -0.25) is 4.79 Å². The predicted molar refractivity (Wildman–Crippen MR) is 48.9 cm³/mol. The average molecular weight is 229 g/mol. The lowest BCUT2D eigenvalue weighted by molar-refractivity contribution is -0.138. The van der Waals surface area contributed by atoms with Gasteiger partial charge in [-0.25, -0.2) is 0 Å². The lowest BCUT2D eigenvalue weighted by Crippen LogP contribution is -2.30. The molecule has 6 nitrogen and oxygen atoms in total. The summed E-state index contributed by atoms with van der Waals surface area (Å²) in [4.78, 5) is 10.1. The highest BCUT2D eigenvalue weighted by molar-refractivity contribution is 7.98. The Hall–Kier alpha value is -0.150. The van der Waals surface area contributed by atoms with E-state index in [4.69, 9.17) is 10.8 Å². The van der Waals surface area contributed by atoms with E-state index >= 15 is 0 Å². The van der Waals surface area contributed by atoms with Gasteiger partial charge in [0.2, 0.25) is 0 Å². The van der Waals surface area contributed by atoms with Crippen molar-refractivity contribution in [1.29, 1.82) is 0 Å². The van der Waals surface area contributed by atoms with Gasteiger partial charge in [0.15, 0.2) is 0 Å². The maximum absolute atomic E-state index is 10.1. The number of rotatable bonds is 4. The molecule has 1 heterocycles. The second-order valence-corrected chi connectivity index (χ2v) is 3.73. The third-order valence-electron chi connectivity index (χ3n) is 1.07. The van der Waals surface area contributed by atoms with Gasteiger partial charge in [-0.1, -0.05) is 8.67 Å². The molecule has 0 spiro atoms. The minimum atomic E-state index is -1.36. The largest absolute Gasteiger partial charge is 0.480 e. The Morgan fingerprint density at radius 2 is 2.15 bits per heavy atom. The molecule has 1 fully saturated rings. The molecule has 0 radical (unpaired) electrons. The fraction of sp³-hybridized carbons (Fsp3) is 0.800. The highest BCUT2D eigenvalue weighted by atomic mass is 32.2. The summed E-state index contributed by atoms with van der Waals surface area (Å²) in [6.07, 6.45) is 2.48. The smallest absolute Gasteiger partial charge is 0.364 e. The zero-order chi connectivity index (χ0) is 10.3. The van der Waals surface area contributed by atoms with Crippen LogP contribution in [0.5, 0.6) is 0 Å². The van der Waals surface area contributed by atoms with Crippen LogP contribution in [0.2, 0.25) is 0 Å². The summed E-state index contributed by atoms with van der Waals surface area (Å²) in [7, 11) is 0. The van der Waals surface area contributed by atoms with Crippen molar-refractivity contribution in [2.45, 2.75) is 12.5 Å². The van der Waals surface area contributed by atoms with Gasteiger partial charge in [-0.05, 0) is 18.4 Å². The van der Waals surface area contributed by atoms with E-state index in [1.165, 1.54) is 0 Å². The summed E-state index contributed by atoms with van der Waals surface area (Å²) in [5, 5.41) is 8.27. The van der Waals surface area contributed by atoms with Crippen LogP contribution in [0.1, 0.15) is 6.42 Å². The fourth-order valence-electron chi connectivity index (χ4n) is 0.380. The van der Waals surface area contributed by atoms with Crippen LogP contribution in [0.4, 0.5) is 0 Å². The van der Waals surface area contributed by atoms with E-state index < -0.39 is 23.4 Å². The summed E-state index contributed by atoms with van der Waals surface area (Å²) in [6.45, 7) is 0. The van der Waals surface area contributed by atoms with Crippen LogP contribution in [-0.4, -0.2) is 33.3 Å². The Morgan fingerprint density at radius 3 is 2.38 bits per heavy atom. The van der Waals surface area contributed by atoms with E-state index in [9.17, 15) is 9.00 Å². The monoisotopic (exact) mass is 229 g/mol. The van der Waals surface area contributed by atoms with E-state index in [0.29, 0.717) is 6.42 Å². The predicted octanol–water partition coefficient (Wildman–Crippen LogP) is -0.322. The molecule has 0 aromatic rings. The van der Waals surface area contributed by atoms with Crippen LogP contribution in [0, 0.1) is 0 Å². The van der Waals surface area contributed by atoms with Crippen LogP contribution in [0.15, 0.2) is 0 Å². The molecule has 78 valence electrons. The first-order valence-electron chi connectivity index (χ1n) is 3.32. The standard InChI is InChI=1S/C5H11NO2S.O3S/c1-9-3-2-4(6)5(7)8;1-4-2-3-4/h4H,2-3,6H2,1H3,(H,7,8);. The van der Waals surface area contributed by atoms with Crippen molar-refractivity contribution in [3.8, 4) is 0 Å². The number of hydrogen-bond donors (Lipinski definition) is 2. The van der Waals surface area contributed by atoms with Crippen LogP contribution >= 0.6 is 11.8 Å². The number of hydrogen-bond acceptors (Lipinski definition) is 6. The van der Waals surface area contributed by atoms with E-state index in [0.717, 1.165) is 5.75 Å². The zero-order valence-corrected chi connectivity index (χ0v) is 8.60. The topological polar surface area (TPSA) is 105 Å². The molecule has 1 aliphatic heterocycles. The average Bonchev–Trinajstić information content (AvgIpc) is 2.84. The van der Waals surface area contributed by atoms with Crippen LogP contribution < -0.4 is 5.73 Å². The second kappa shape index (κ2) is 7.27. The van der Waals surface area contributed by atoms with Gasteiger partial charge in [0.1, 0.15) is 6.04 Å². The van der Waals surface area contributed by atoms with Crippen molar-refractivity contribution in [3.63, 3.8) is 0 Å². The number of aliphatic carboxylic acids is 1. The highest BCUT2D eigenvalue weighted by Crippen LogP contribution is 2.03. The first-order chi connectivity index (χ1) is 6.07. The molecular formula is C5H11NO5S2. The van der Waals surface area contributed by atoms with Crippen molar-refractivity contribution < 1.29 is 22.8 Å². The summed E-state index contributed by atoms with van der Waals surface area (Å²) in [5.74, 6) is -0.1000. The van der Waals surface area contributed by atoms with Gasteiger partial charge in [-0.15, -0.1) is 0 Å². The Bertz CT molecular complexity index is 182. The Labute approximate surface area is 82.6 Å². The van der Waals surface area contributed by atoms with E-state index in [-0.39, 0.29) is 0 Å². The molecule has 1 unspecified atom stereocenters. The summed E-state index contributed by atoms with van der Waals surface area (Å²) in [5.41, 5.74) is 5.19. The molecule has 0 aromatic heterocycles. The Balaban J connectivity index is 0.000000293. The van der Waals surface area contributed by atoms with Crippen LogP contribution in [-0.2, 0) is 24.8 Å². The highest BCUT2D eigenvalue weighted by Gasteiger charge is 2.17. The van der Waals surface area contributed by atoms with E-state index in [2.05, 4.69) is 8.67 Å². The van der Waals surface area contributed by atoms with Crippen molar-refractivity contribution in [1.82, 2.24) is 0 Å². The zero-order valence-electron chi connectivity index (χ0n) is 6.97. The molecule has 8 heteroatoms. The SMILES string of the molecule is CSCCC(N)C(=O)O.O=S1OO1. The summed E-state index contributed by atoms with van der Waals surface area (Å²) in [6, 6.07) is -0.683. The minimum Gasteiger partial charge on any atom is -0.480 e. The van der Waals surface area contributed by atoms with Crippen LogP contribution in [0.25, 0.3) is 0 Å². The van der Waals surface area contributed by atoms with Crippen molar-refractivity contribution >= 4 is 29.1 Å². The molecule has 13 heavy (non-hydrogen) atoms. The number of carbonyl (C=O) groups is 1. The van der Waals surface area contributed by atoms with Crippen molar-refractivity contribution in [2.24, 2.45) is 5.73 Å². The lowest BCUT2D eigenvalue weighted by Gasteiger charge is -2.02. The van der Waals surface area contributed by atoms with E-state index in [1.54, 1.807) is 11.8 Å². The maximum Gasteiger partial charge on any atom is 0.364 e. The first-order valence-corrected chi connectivity index (χ1v) is 5.72. The van der Waals surface area contributed by atoms with Gasteiger partial charge in [0.05, 0.1) is 0 Å². The number of carboxylic acids is 1. The molecule has 0 aromatic carbocycles. The molecule has 1 atom stereocenters. The van der Waals surface area contributed by atoms with Gasteiger partial charge in [0, 0.05) is 0 Å². The molecule has 0 aliphatic carbocycles. The molecule has 1 saturated heterocycles. The fourth-order valence-corrected chi connectivity index (χ4v) is 0.960. The number of thioether (sulfide) groups is 1. The van der Waals surface area contributed by atoms with Gasteiger partial charge in [0.25, 0.3) is 0 Å². The van der Waals surface area contributed by atoms with Crippen LogP contribution in [0.3, 0.4) is 0 Å². The van der Waals surface area contributed by atoms with E-state index in [1.807, 2.05) is 6.26 Å². The molecule has 1 aliphatic rings. The summed E-state index contributed by atoms with van der Waals surface area (Å²) < 4.78 is 16.6. The second-order valence-electron chi connectivity index (χ2n) is 2.07. The maximum atomic E-state index is 10.1. The molecule has 1 rings (SSSR count). The number of nitrogens with two attached hydrogens (primary N) is 1.